The Hall–Kier alpha value is 26.5. The Morgan fingerprint density at radius 2 is 0.224 bits per heavy atom. The quantitative estimate of drug-likeness (QED) is 0.257. The molecule has 0 radical (unpaired) electrons. The van der Waals surface area contributed by atoms with Gasteiger partial charge < -0.3 is 0 Å². The average Bonchev–Trinajstić information content (AvgIpc) is 2.93. The second kappa shape index (κ2) is 391. The monoisotopic (exact) mass is 1520 g/mol. The summed E-state index contributed by atoms with van der Waals surface area (Å²) in [4.78, 5) is 0. The van der Waals surface area contributed by atoms with E-state index in [1.807, 2.05) is 55.4 Å². The average molecular weight is 1520 g/mol. The Labute approximate surface area is 1070 Å². The van der Waals surface area contributed by atoms with Gasteiger partial charge >= 0.3 is 0 Å². The van der Waals surface area contributed by atoms with Gasteiger partial charge in [-0.2, -0.15) is 0 Å². The summed E-state index contributed by atoms with van der Waals surface area (Å²) in [5.74, 6) is 2.60. The van der Waals surface area contributed by atoms with Crippen LogP contribution in [-0.2, 0) is 0 Å². The van der Waals surface area contributed by atoms with E-state index < -0.39 is 0 Å². The molecule has 0 nitrogen and oxygen atoms in total. The van der Waals surface area contributed by atoms with E-state index in [1.54, 1.807) is 0 Å². The van der Waals surface area contributed by atoms with Crippen LogP contribution in [0.15, 0.2) is 0 Å². The van der Waals surface area contributed by atoms with Crippen LogP contribution in [0.3, 0.4) is 0 Å². The summed E-state index contributed by atoms with van der Waals surface area (Å²) in [6.45, 7) is 53.1. The largest absolute Gasteiger partial charge is 0.0776 e. The van der Waals surface area contributed by atoms with Gasteiger partial charge in [0.15, 0.2) is 0 Å². The van der Waals surface area contributed by atoms with E-state index >= 15 is 0 Å². The number of rotatable bonds is 5. The molecule has 0 aromatic rings. The Balaban J connectivity index is -0.00000000275. The second-order valence-corrected chi connectivity index (χ2v) is 9.04. The molecule has 0 unspecified atom stereocenters. The van der Waals surface area contributed by atoms with E-state index in [2.05, 4.69) is 118 Å². The molecule has 0 atom stereocenters. The Morgan fingerprint density at radius 3 is 0.224 bits per heavy atom. The normalized spacial score (nSPS) is 3.94. The Kier molecular flexibility index (Phi) is 1700. The molecule has 0 fully saturated rings. The standard InChI is InChI=1S/2C5H12.4C4H10.C3H8.4C2H6.9CH4.21Ar/c2*1-4-5(2)3;1-4(2)3;3*1-3-4-2;1-3-2;4*1-2;;;;;;;;;;;;;;;;;;;;;;;;;;;;;;/h2*5H,4H2,1-3H3;4H,1-3H3;3*3-4H2,1-2H3;3H2,1-2H3;4*1-2H3;9*1H4;;;;;;;;;;;;;;;;;;;;;. The zero-order valence-electron chi connectivity index (χ0n) is 40.5. The minimum atomic E-state index is 0. The predicted octanol–water partition coefficient (Wildman–Crippen LogP) is 22.4. The van der Waals surface area contributed by atoms with E-state index in [0.29, 0.717) is 0 Å². The third-order valence-corrected chi connectivity index (χ3v) is 3.13. The maximum atomic E-state index is 2.22. The zero-order chi connectivity index (χ0) is 33.1. The molecule has 0 rings (SSSR count). The van der Waals surface area contributed by atoms with Gasteiger partial charge in [-0.25, -0.2) is 0 Å². The fourth-order valence-electron chi connectivity index (χ4n) is 0. The van der Waals surface area contributed by atoms with Crippen molar-refractivity contribution >= 4 is 0 Å². The van der Waals surface area contributed by atoms with Crippen LogP contribution in [0.1, 0.15) is 298 Å². The zero-order valence-corrected chi connectivity index (χ0v) is 55.4. The van der Waals surface area contributed by atoms with Crippen LogP contribution in [0.5, 0.6) is 0 Å². The van der Waals surface area contributed by atoms with Crippen molar-refractivity contribution in [3.8, 4) is 0 Å². The van der Waals surface area contributed by atoms with Crippen LogP contribution in [-0.4, -0.2) is 0 Å². The van der Waals surface area contributed by atoms with Crippen LogP contribution in [0, 0.1) is 810 Å². The molecule has 0 aliphatic heterocycles. The van der Waals surface area contributed by atoms with Crippen LogP contribution >= 0.6 is 0 Å². The smallest absolute Gasteiger partial charge is 0 e. The van der Waals surface area contributed by atoms with Gasteiger partial charge in [0.05, 0.1) is 0 Å². The third-order valence-electron chi connectivity index (χ3n) is 3.13. The van der Waals surface area contributed by atoms with E-state index in [4.69, 9.17) is 0 Å². The van der Waals surface area contributed by atoms with Gasteiger partial charge in [-0.1, -0.05) is 298 Å². The topological polar surface area (TPSA) is 0 Å². The molecule has 0 spiro atoms. The van der Waals surface area contributed by atoms with Gasteiger partial charge in [0.2, 0.25) is 0 Å². The molecule has 0 aromatic heterocycles. The van der Waals surface area contributed by atoms with Crippen LogP contribution in [0.25, 0.3) is 0 Å². The Morgan fingerprint density at radius 1 is 0.194 bits per heavy atom. The Bertz CT molecular complexity index is 178. The summed E-state index contributed by atoms with van der Waals surface area (Å²) in [5, 5.41) is 0. The maximum Gasteiger partial charge on any atom is 0 e. The third kappa shape index (κ3) is 676. The van der Waals surface area contributed by atoms with E-state index in [9.17, 15) is 0 Å². The molecular formula is C46H132Ar21. The molecule has 0 aliphatic rings. The summed E-state index contributed by atoms with van der Waals surface area (Å²) < 4.78 is 0. The molecule has 0 N–H and O–H groups in total. The van der Waals surface area contributed by atoms with Gasteiger partial charge in [-0.15, -0.1) is 0 Å². The van der Waals surface area contributed by atoms with Gasteiger partial charge in [0, 0.05) is 793 Å². The summed E-state index contributed by atoms with van der Waals surface area (Å²) in [6, 6.07) is 0. The molecule has 0 heterocycles. The first-order valence-electron chi connectivity index (χ1n) is 17.4. The van der Waals surface area contributed by atoms with Crippen molar-refractivity contribution in [3.63, 3.8) is 0 Å². The molecule has 0 amide bonds. The van der Waals surface area contributed by atoms with Crippen LogP contribution in [0.4, 0.5) is 0 Å². The summed E-state index contributed by atoms with van der Waals surface area (Å²) in [5.41, 5.74) is 0. The second-order valence-electron chi connectivity index (χ2n) is 9.04. The molecule has 484 valence electrons. The van der Waals surface area contributed by atoms with Crippen molar-refractivity contribution in [2.24, 2.45) is 17.8 Å². The summed E-state index contributed by atoms with van der Waals surface area (Å²) in [6.07, 6.45) is 11.8. The predicted molar refractivity (Wildman–Crippen MR) is 254 cm³/mol. The first kappa shape index (κ1) is 290. The molecule has 0 aromatic carbocycles. The van der Waals surface area contributed by atoms with Crippen molar-refractivity contribution in [1.82, 2.24) is 0 Å². The minimum absolute atomic E-state index is 0. The molecule has 21 heteroatoms. The van der Waals surface area contributed by atoms with Crippen molar-refractivity contribution < 1.29 is 793 Å². The van der Waals surface area contributed by atoms with E-state index in [1.165, 1.54) is 57.8 Å². The van der Waals surface area contributed by atoms with Gasteiger partial charge in [0.25, 0.3) is 0 Å². The van der Waals surface area contributed by atoms with Crippen molar-refractivity contribution in [3.05, 3.63) is 0 Å². The SMILES string of the molecule is C.C.C.C.C.C.C.C.C.CC.CC.CC.CC.CC(C)C.CCC.CCC(C)C.CCC(C)C.CCCC.CCCC.CCCC.[Ar].[Ar].[Ar].[Ar].[Ar].[Ar].[Ar].[Ar].[Ar].[Ar].[Ar].[Ar].[Ar].[Ar].[Ar].[Ar].[Ar].[Ar].[Ar].[Ar].[Ar]. The van der Waals surface area contributed by atoms with Gasteiger partial charge in [-0.3, -0.25) is 0 Å². The number of unbranched alkanes of at least 4 members (excludes halogenated alkanes) is 3. The van der Waals surface area contributed by atoms with E-state index in [0.717, 1.165) is 17.8 Å². The fraction of sp³-hybridized carbons (Fsp3) is 1.00. The van der Waals surface area contributed by atoms with Gasteiger partial charge in [-0.05, 0) is 17.8 Å². The summed E-state index contributed by atoms with van der Waals surface area (Å²) >= 11 is 0. The maximum absolute atomic E-state index is 2.22. The minimum Gasteiger partial charge on any atom is -0.0776 e. The van der Waals surface area contributed by atoms with E-state index in [-0.39, 0.29) is 859 Å². The first-order valence-corrected chi connectivity index (χ1v) is 17.4. The van der Waals surface area contributed by atoms with Crippen LogP contribution < -0.4 is 0 Å². The molecule has 67 heavy (non-hydrogen) atoms. The summed E-state index contributed by atoms with van der Waals surface area (Å²) in [7, 11) is 0. The van der Waals surface area contributed by atoms with Crippen molar-refractivity contribution in [2.45, 2.75) is 298 Å². The van der Waals surface area contributed by atoms with Crippen molar-refractivity contribution in [2.75, 3.05) is 0 Å². The molecular weight excluding hydrogens is 1390 g/mol. The van der Waals surface area contributed by atoms with Gasteiger partial charge in [0.1, 0.15) is 0 Å². The number of hydrogen-bond acceptors (Lipinski definition) is 0. The number of hydrogen-bond donors (Lipinski definition) is 0. The molecule has 0 aliphatic carbocycles. The first-order chi connectivity index (χ1) is 17.4. The molecule has 0 saturated heterocycles. The van der Waals surface area contributed by atoms with Crippen LogP contribution in [0.2, 0.25) is 0 Å². The molecule has 0 bridgehead atoms. The fourth-order valence-corrected chi connectivity index (χ4v) is 0. The van der Waals surface area contributed by atoms with Crippen molar-refractivity contribution in [1.29, 1.82) is 0 Å². The molecule has 0 saturated carbocycles.